The second-order valence-corrected chi connectivity index (χ2v) is 18.4. The maximum atomic E-state index is 14.9. The number of carbonyl (C=O) groups is 1. The summed E-state index contributed by atoms with van der Waals surface area (Å²) in [6, 6.07) is 30.0. The number of carbonyl (C=O) groups excluding carboxylic acids is 1. The summed E-state index contributed by atoms with van der Waals surface area (Å²) in [5.41, 5.74) is 3.11. The number of rotatable bonds is 27. The van der Waals surface area contributed by atoms with Gasteiger partial charge in [0.05, 0.1) is 49.6 Å². The molecule has 0 radical (unpaired) electrons. The first-order valence-corrected chi connectivity index (χ1v) is 24.7. The molecule has 69 heavy (non-hydrogen) atoms. The van der Waals surface area contributed by atoms with Gasteiger partial charge in [-0.15, -0.1) is 18.3 Å². The molecule has 0 unspecified atom stereocenters. The highest BCUT2D eigenvalue weighted by molar-refractivity contribution is 7.99. The van der Waals surface area contributed by atoms with Crippen molar-refractivity contribution in [2.45, 2.75) is 74.2 Å². The number of hydrogen-bond donors (Lipinski definition) is 3. The molecule has 6 atom stereocenters. The summed E-state index contributed by atoms with van der Waals surface area (Å²) >= 11 is 1.71. The minimum absolute atomic E-state index is 0.00681. The van der Waals surface area contributed by atoms with E-state index in [2.05, 4.69) is 30.9 Å². The summed E-state index contributed by atoms with van der Waals surface area (Å²) in [7, 11) is 0. The average molecular weight is 966 g/mol. The number of amides is 1. The molecule has 1 amide bonds. The third-order valence-corrected chi connectivity index (χ3v) is 13.8. The van der Waals surface area contributed by atoms with E-state index in [4.69, 9.17) is 33.7 Å². The molecule has 3 N–H and O–H groups in total. The third kappa shape index (κ3) is 12.9. The standard InChI is InChI=1S/C53H63N3O12S/c1-2-29-65-53-49(55(25-30-63-31-28-59)52(60)67-41-21-19-40(20-22-41)56(61)62)36-47(54-66-37-38-13-5-3-6-14-38)45-34-39(15-9-11-26-57)44(18-10-12-27-58)50(51(45)53)46-35-42(23-24-48(46)68-53)64-32-33-69-43-16-7-4-8-17-43/h2-8,13-14,16-17,19-24,34-35,39,44,49-51,57-59H,1,9-12,15,18,25-33,36-37H2/t39-,44+,49-,50+,51+,53+/m0/s1. The van der Waals surface area contributed by atoms with Gasteiger partial charge >= 0.3 is 6.09 Å². The molecule has 1 aliphatic heterocycles. The van der Waals surface area contributed by atoms with E-state index in [1.165, 1.54) is 29.2 Å². The van der Waals surface area contributed by atoms with Crippen molar-refractivity contribution in [3.63, 3.8) is 0 Å². The number of aliphatic hydroxyl groups excluding tert-OH is 3. The van der Waals surface area contributed by atoms with Gasteiger partial charge in [0.25, 0.3) is 5.69 Å². The van der Waals surface area contributed by atoms with Crippen molar-refractivity contribution in [1.82, 2.24) is 4.90 Å². The van der Waals surface area contributed by atoms with Crippen LogP contribution in [0.25, 0.3) is 0 Å². The van der Waals surface area contributed by atoms with E-state index in [0.717, 1.165) is 53.0 Å². The summed E-state index contributed by atoms with van der Waals surface area (Å²) in [6.07, 6.45) is 7.49. The van der Waals surface area contributed by atoms with Gasteiger partial charge < -0.3 is 43.8 Å². The van der Waals surface area contributed by atoms with Crippen LogP contribution in [-0.2, 0) is 20.9 Å². The topological polar surface area (TPSA) is 192 Å². The molecular formula is C53H63N3O12S. The van der Waals surface area contributed by atoms with Gasteiger partial charge in [0.1, 0.15) is 29.9 Å². The van der Waals surface area contributed by atoms with Gasteiger partial charge in [-0.25, -0.2) is 4.79 Å². The molecule has 0 bridgehead atoms. The highest BCUT2D eigenvalue weighted by Gasteiger charge is 2.65. The molecule has 2 aliphatic carbocycles. The van der Waals surface area contributed by atoms with Gasteiger partial charge in [-0.2, -0.15) is 0 Å². The first-order chi connectivity index (χ1) is 33.8. The molecule has 15 nitrogen and oxygen atoms in total. The Hall–Kier alpha value is -5.75. The zero-order chi connectivity index (χ0) is 48.4. The Balaban J connectivity index is 1.38. The van der Waals surface area contributed by atoms with Gasteiger partial charge in [0, 0.05) is 60.4 Å². The summed E-state index contributed by atoms with van der Waals surface area (Å²) in [6.45, 7) is 4.58. The van der Waals surface area contributed by atoms with Crippen molar-refractivity contribution < 1.29 is 53.6 Å². The van der Waals surface area contributed by atoms with Gasteiger partial charge in [-0.05, 0) is 91.1 Å². The number of unbranched alkanes of at least 4 members (excludes halogenated alkanes) is 2. The highest BCUT2D eigenvalue weighted by Crippen LogP contribution is 2.62. The minimum atomic E-state index is -1.60. The molecular weight excluding hydrogens is 903 g/mol. The quantitative estimate of drug-likeness (QED) is 0.0169. The molecule has 0 saturated heterocycles. The van der Waals surface area contributed by atoms with Crippen LogP contribution in [0.2, 0.25) is 0 Å². The van der Waals surface area contributed by atoms with Crippen LogP contribution in [0.3, 0.4) is 0 Å². The van der Waals surface area contributed by atoms with Crippen LogP contribution in [0.5, 0.6) is 17.2 Å². The van der Waals surface area contributed by atoms with Crippen molar-refractivity contribution >= 4 is 29.3 Å². The predicted octanol–water partition coefficient (Wildman–Crippen LogP) is 9.11. The first kappa shape index (κ1) is 51.1. The maximum Gasteiger partial charge on any atom is 0.415 e. The number of fused-ring (bicyclic) bond motifs is 2. The zero-order valence-electron chi connectivity index (χ0n) is 38.9. The number of nitro benzene ring substituents is 1. The van der Waals surface area contributed by atoms with Crippen LogP contribution in [0, 0.1) is 27.9 Å². The second-order valence-electron chi connectivity index (χ2n) is 17.2. The van der Waals surface area contributed by atoms with E-state index >= 15 is 0 Å². The smallest absolute Gasteiger partial charge is 0.415 e. The molecule has 1 heterocycles. The van der Waals surface area contributed by atoms with Crippen LogP contribution in [0.4, 0.5) is 10.5 Å². The van der Waals surface area contributed by atoms with E-state index in [1.54, 1.807) is 17.8 Å². The molecule has 16 heteroatoms. The predicted molar refractivity (Wildman–Crippen MR) is 263 cm³/mol. The Morgan fingerprint density at radius 1 is 0.899 bits per heavy atom. The maximum absolute atomic E-state index is 14.9. The van der Waals surface area contributed by atoms with Crippen LogP contribution in [0.15, 0.2) is 137 Å². The fourth-order valence-electron chi connectivity index (χ4n) is 9.83. The molecule has 3 aliphatic rings. The van der Waals surface area contributed by atoms with Gasteiger partial charge in [-0.1, -0.05) is 78.7 Å². The number of oxime groups is 1. The molecule has 4 aromatic rings. The monoisotopic (exact) mass is 965 g/mol. The number of non-ortho nitro benzene ring substituents is 1. The van der Waals surface area contributed by atoms with Gasteiger partial charge in [-0.3, -0.25) is 15.0 Å². The first-order valence-electron chi connectivity index (χ1n) is 23.8. The summed E-state index contributed by atoms with van der Waals surface area (Å²) in [4.78, 5) is 34.7. The number of thioether (sulfide) groups is 1. The number of nitro groups is 1. The van der Waals surface area contributed by atoms with Crippen LogP contribution in [0.1, 0.15) is 62.0 Å². The minimum Gasteiger partial charge on any atom is -0.493 e. The lowest BCUT2D eigenvalue weighted by Crippen LogP contribution is -2.70. The molecule has 4 aromatic carbocycles. The van der Waals surface area contributed by atoms with Crippen molar-refractivity contribution in [2.75, 3.05) is 58.5 Å². The van der Waals surface area contributed by atoms with E-state index in [0.29, 0.717) is 36.7 Å². The van der Waals surface area contributed by atoms with E-state index in [-0.39, 0.29) is 88.4 Å². The molecule has 0 aromatic heterocycles. The molecule has 1 fully saturated rings. The largest absolute Gasteiger partial charge is 0.493 e. The van der Waals surface area contributed by atoms with E-state index in [9.17, 15) is 30.2 Å². The fraction of sp³-hybridized carbons (Fsp3) is 0.434. The second kappa shape index (κ2) is 25.7. The Labute approximate surface area is 407 Å². The van der Waals surface area contributed by atoms with Crippen molar-refractivity contribution in [1.29, 1.82) is 0 Å². The number of allylic oxidation sites excluding steroid dienone is 1. The SMILES string of the molecule is C=CCO[C@@]12Oc3ccc(OCCSc4ccccc4)cc3[C@H]3[C@H](CCCCO)[C@@H](CCCCO)C=C(C(=NOCc4ccccc4)C[C@@H]1N(CCOCCO)C(=O)Oc1ccc([N+](=O)[O-])cc1)[C@H]32. The van der Waals surface area contributed by atoms with Crippen molar-refractivity contribution in [2.24, 2.45) is 22.9 Å². The lowest BCUT2D eigenvalue weighted by Gasteiger charge is -2.59. The van der Waals surface area contributed by atoms with E-state index in [1.807, 2.05) is 60.7 Å². The Bertz CT molecular complexity index is 2340. The summed E-state index contributed by atoms with van der Waals surface area (Å²) < 4.78 is 32.7. The Morgan fingerprint density at radius 2 is 1.62 bits per heavy atom. The van der Waals surface area contributed by atoms with Crippen LogP contribution < -0.4 is 14.2 Å². The van der Waals surface area contributed by atoms with Gasteiger partial charge in [0.15, 0.2) is 0 Å². The lowest BCUT2D eigenvalue weighted by atomic mass is 9.55. The third-order valence-electron chi connectivity index (χ3n) is 12.8. The van der Waals surface area contributed by atoms with Crippen molar-refractivity contribution in [3.05, 3.63) is 149 Å². The number of benzene rings is 4. The number of ether oxygens (including phenoxy) is 5. The Morgan fingerprint density at radius 3 is 2.33 bits per heavy atom. The van der Waals surface area contributed by atoms with Crippen molar-refractivity contribution in [3.8, 4) is 17.2 Å². The van der Waals surface area contributed by atoms with E-state index < -0.39 is 28.8 Å². The number of hydrogen-bond acceptors (Lipinski definition) is 14. The molecule has 1 saturated carbocycles. The zero-order valence-corrected chi connectivity index (χ0v) is 39.7. The summed E-state index contributed by atoms with van der Waals surface area (Å²) in [5, 5.41) is 46.1. The van der Waals surface area contributed by atoms with Gasteiger partial charge in [0.2, 0.25) is 5.79 Å². The highest BCUT2D eigenvalue weighted by atomic mass is 32.2. The fourth-order valence-corrected chi connectivity index (χ4v) is 10.6. The average Bonchev–Trinajstić information content (AvgIpc) is 3.37. The lowest BCUT2D eigenvalue weighted by molar-refractivity contribution is -0.384. The van der Waals surface area contributed by atoms with Crippen LogP contribution in [-0.4, -0.2) is 107 Å². The molecule has 0 spiro atoms. The Kier molecular flexibility index (Phi) is 19.1. The van der Waals surface area contributed by atoms with Crippen LogP contribution >= 0.6 is 11.8 Å². The normalized spacial score (nSPS) is 21.8. The molecule has 7 rings (SSSR count). The number of nitrogens with zero attached hydrogens (tertiary/aromatic N) is 3. The molecule has 368 valence electrons. The summed E-state index contributed by atoms with van der Waals surface area (Å²) in [5.74, 6) is -0.487. The number of aliphatic hydroxyl groups is 3.